The minimum absolute atomic E-state index is 0.0355. The molecule has 7 N–H and O–H groups in total. The molecule has 0 fully saturated rings. The zero-order valence-corrected chi connectivity index (χ0v) is 9.82. The molecule has 0 aliphatic carbocycles. The third kappa shape index (κ3) is 3.18. The van der Waals surface area contributed by atoms with Crippen molar-refractivity contribution in [2.75, 3.05) is 18.0 Å². The van der Waals surface area contributed by atoms with Gasteiger partial charge in [-0.25, -0.2) is 9.97 Å². The third-order valence-electron chi connectivity index (χ3n) is 1.69. The van der Waals surface area contributed by atoms with Crippen LogP contribution in [0.15, 0.2) is 4.99 Å². The van der Waals surface area contributed by atoms with Crippen LogP contribution in [-0.4, -0.2) is 28.4 Å². The maximum Gasteiger partial charge on any atom is 0.280 e. The summed E-state index contributed by atoms with van der Waals surface area (Å²) in [6.45, 7) is 2.21. The van der Waals surface area contributed by atoms with Crippen LogP contribution >= 0.6 is 11.6 Å². The highest BCUT2D eigenvalue weighted by molar-refractivity contribution is 6.31. The van der Waals surface area contributed by atoms with Crippen LogP contribution < -0.4 is 22.5 Å². The predicted molar refractivity (Wildman–Crippen MR) is 65.5 cm³/mol. The number of rotatable bonds is 2. The largest absolute Gasteiger partial charge is 0.382 e. The minimum Gasteiger partial charge on any atom is -0.382 e. The van der Waals surface area contributed by atoms with Crippen molar-refractivity contribution in [2.24, 2.45) is 10.7 Å². The highest BCUT2D eigenvalue weighted by Gasteiger charge is 2.16. The molecule has 9 heteroatoms. The van der Waals surface area contributed by atoms with Gasteiger partial charge >= 0.3 is 0 Å². The van der Waals surface area contributed by atoms with E-state index in [1.54, 1.807) is 6.92 Å². The van der Waals surface area contributed by atoms with Crippen LogP contribution in [0.2, 0.25) is 5.15 Å². The number of halogens is 1. The van der Waals surface area contributed by atoms with Gasteiger partial charge in [-0.15, -0.1) is 0 Å². The van der Waals surface area contributed by atoms with Gasteiger partial charge in [-0.05, 0) is 6.92 Å². The van der Waals surface area contributed by atoms with Crippen LogP contribution in [0.5, 0.6) is 0 Å². The standard InChI is InChI=1S/C8H12ClN7O/c1-2-13-8(12)16-7(17)3-5(10)15-6(11)4(9)14-3/h2H2,1H3,(H4,10,11,15)(H3,12,13,16,17). The van der Waals surface area contributed by atoms with Gasteiger partial charge in [-0.3, -0.25) is 15.1 Å². The third-order valence-corrected chi connectivity index (χ3v) is 1.97. The zero-order chi connectivity index (χ0) is 13.0. The van der Waals surface area contributed by atoms with Gasteiger partial charge in [-0.2, -0.15) is 0 Å². The Morgan fingerprint density at radius 3 is 2.65 bits per heavy atom. The van der Waals surface area contributed by atoms with Gasteiger partial charge in [0.1, 0.15) is 0 Å². The number of nitrogens with one attached hydrogen (secondary N) is 1. The number of aromatic nitrogens is 2. The Balaban J connectivity index is 2.97. The second-order valence-electron chi connectivity index (χ2n) is 2.95. The van der Waals surface area contributed by atoms with E-state index >= 15 is 0 Å². The summed E-state index contributed by atoms with van der Waals surface area (Å²) in [6, 6.07) is 0. The quantitative estimate of drug-likeness (QED) is 0.409. The highest BCUT2D eigenvalue weighted by atomic mass is 35.5. The molecule has 1 heterocycles. The molecule has 8 nitrogen and oxygen atoms in total. The van der Waals surface area contributed by atoms with Gasteiger partial charge in [0.25, 0.3) is 5.91 Å². The monoisotopic (exact) mass is 257 g/mol. The SMILES string of the molecule is CCN=C(N)NC(=O)c1nc(Cl)c(N)nc1N. The molecule has 0 aliphatic heterocycles. The Hall–Kier alpha value is -2.09. The van der Waals surface area contributed by atoms with Crippen molar-refractivity contribution in [1.82, 2.24) is 15.3 Å². The lowest BCUT2D eigenvalue weighted by molar-refractivity contribution is 0.0972. The van der Waals surface area contributed by atoms with Crippen molar-refractivity contribution >= 4 is 35.1 Å². The van der Waals surface area contributed by atoms with Crippen LogP contribution in [-0.2, 0) is 0 Å². The first kappa shape index (κ1) is 13.0. The van der Waals surface area contributed by atoms with Gasteiger partial charge in [-0.1, -0.05) is 11.6 Å². The molecular weight excluding hydrogens is 246 g/mol. The molecule has 92 valence electrons. The molecule has 0 bridgehead atoms. The first-order valence-electron chi connectivity index (χ1n) is 4.65. The molecule has 0 saturated heterocycles. The van der Waals surface area contributed by atoms with Crippen molar-refractivity contribution < 1.29 is 4.79 Å². The van der Waals surface area contributed by atoms with Gasteiger partial charge in [0.05, 0.1) is 0 Å². The minimum atomic E-state index is -0.647. The number of guanidine groups is 1. The lowest BCUT2D eigenvalue weighted by Crippen LogP contribution is -2.37. The maximum atomic E-state index is 11.7. The summed E-state index contributed by atoms with van der Waals surface area (Å²) < 4.78 is 0. The summed E-state index contributed by atoms with van der Waals surface area (Å²) in [5.41, 5.74) is 16.1. The van der Waals surface area contributed by atoms with Crippen LogP contribution in [0.4, 0.5) is 11.6 Å². The van der Waals surface area contributed by atoms with E-state index in [1.165, 1.54) is 0 Å². The van der Waals surface area contributed by atoms with Gasteiger partial charge in [0.15, 0.2) is 28.4 Å². The predicted octanol–water partition coefficient (Wildman–Crippen LogP) is -0.641. The zero-order valence-electron chi connectivity index (χ0n) is 9.07. The number of carbonyl (C=O) groups excluding carboxylic acids is 1. The van der Waals surface area contributed by atoms with Crippen LogP contribution in [0.3, 0.4) is 0 Å². The summed E-state index contributed by atoms with van der Waals surface area (Å²) >= 11 is 5.63. The van der Waals surface area contributed by atoms with Gasteiger partial charge in [0, 0.05) is 6.54 Å². The first-order valence-corrected chi connectivity index (χ1v) is 5.03. The molecule has 1 rings (SSSR count). The summed E-state index contributed by atoms with van der Waals surface area (Å²) in [7, 11) is 0. The molecule has 17 heavy (non-hydrogen) atoms. The Kier molecular flexibility index (Phi) is 4.05. The fourth-order valence-corrected chi connectivity index (χ4v) is 1.12. The molecule has 1 aromatic heterocycles. The van der Waals surface area contributed by atoms with Crippen LogP contribution in [0, 0.1) is 0 Å². The lowest BCUT2D eigenvalue weighted by atomic mass is 10.4. The van der Waals surface area contributed by atoms with E-state index in [0.29, 0.717) is 6.54 Å². The van der Waals surface area contributed by atoms with Crippen molar-refractivity contribution in [3.8, 4) is 0 Å². The van der Waals surface area contributed by atoms with Crippen LogP contribution in [0.1, 0.15) is 17.4 Å². The average molecular weight is 258 g/mol. The number of carbonyl (C=O) groups is 1. The Morgan fingerprint density at radius 1 is 1.41 bits per heavy atom. The van der Waals surface area contributed by atoms with E-state index in [-0.39, 0.29) is 28.4 Å². The number of aliphatic imine (C=N–C) groups is 1. The molecule has 0 unspecified atom stereocenters. The smallest absolute Gasteiger partial charge is 0.280 e. The fourth-order valence-electron chi connectivity index (χ4n) is 0.994. The lowest BCUT2D eigenvalue weighted by Gasteiger charge is -2.06. The first-order chi connectivity index (χ1) is 7.95. The Labute approximate surface area is 102 Å². The molecular formula is C8H12ClN7O. The summed E-state index contributed by atoms with van der Waals surface area (Å²) in [6.07, 6.45) is 0. The molecule has 1 amide bonds. The highest BCUT2D eigenvalue weighted by Crippen LogP contribution is 2.16. The number of nitrogen functional groups attached to an aromatic ring is 2. The fraction of sp³-hybridized carbons (Fsp3) is 0.250. The molecule has 0 atom stereocenters. The van der Waals surface area contributed by atoms with E-state index in [4.69, 9.17) is 28.8 Å². The van der Waals surface area contributed by atoms with E-state index < -0.39 is 5.91 Å². The summed E-state index contributed by atoms with van der Waals surface area (Å²) in [5, 5.41) is 2.19. The molecule has 0 radical (unpaired) electrons. The average Bonchev–Trinajstić information content (AvgIpc) is 2.23. The molecule has 0 saturated carbocycles. The number of nitrogens with zero attached hydrogens (tertiary/aromatic N) is 3. The van der Waals surface area contributed by atoms with Crippen molar-refractivity contribution in [3.05, 3.63) is 10.8 Å². The van der Waals surface area contributed by atoms with Crippen molar-refractivity contribution in [3.63, 3.8) is 0 Å². The van der Waals surface area contributed by atoms with Crippen molar-refractivity contribution in [2.45, 2.75) is 6.92 Å². The van der Waals surface area contributed by atoms with E-state index in [0.717, 1.165) is 0 Å². The van der Waals surface area contributed by atoms with Gasteiger partial charge in [0.2, 0.25) is 0 Å². The van der Waals surface area contributed by atoms with Crippen LogP contribution in [0.25, 0.3) is 0 Å². The molecule has 0 aromatic carbocycles. The molecule has 0 spiro atoms. The second-order valence-corrected chi connectivity index (χ2v) is 3.31. The van der Waals surface area contributed by atoms with E-state index in [1.807, 2.05) is 0 Å². The molecule has 1 aromatic rings. The van der Waals surface area contributed by atoms with Crippen molar-refractivity contribution in [1.29, 1.82) is 0 Å². The molecule has 0 aliphatic rings. The second kappa shape index (κ2) is 5.30. The topological polar surface area (TPSA) is 145 Å². The Morgan fingerprint density at radius 2 is 2.06 bits per heavy atom. The maximum absolute atomic E-state index is 11.7. The number of hydrogen-bond acceptors (Lipinski definition) is 6. The van der Waals surface area contributed by atoms with E-state index in [2.05, 4.69) is 20.3 Å². The number of hydrogen-bond donors (Lipinski definition) is 4. The number of nitrogens with two attached hydrogens (primary N) is 3. The van der Waals surface area contributed by atoms with Gasteiger partial charge < -0.3 is 17.2 Å². The Bertz CT molecular complexity index is 473. The number of amides is 1. The summed E-state index contributed by atoms with van der Waals surface area (Å²) in [4.78, 5) is 22.8. The van der Waals surface area contributed by atoms with E-state index in [9.17, 15) is 4.79 Å². The normalized spacial score (nSPS) is 11.3. The summed E-state index contributed by atoms with van der Waals surface area (Å²) in [5.74, 6) is -0.858. The number of anilines is 2.